The maximum Gasteiger partial charge on any atom is 0.234 e. The molecule has 2 aromatic carbocycles. The van der Waals surface area contributed by atoms with Crippen molar-refractivity contribution < 1.29 is 17.9 Å². The second-order valence-corrected chi connectivity index (χ2v) is 8.63. The number of hydrogen-bond acceptors (Lipinski definition) is 4. The zero-order valence-electron chi connectivity index (χ0n) is 17.2. The molecule has 0 bridgehead atoms. The second kappa shape index (κ2) is 11.5. The molecule has 0 radical (unpaired) electrons. The summed E-state index contributed by atoms with van der Waals surface area (Å²) in [5.74, 6) is -0.207. The number of aliphatic imine (C=N–C) groups is 1. The molecule has 0 saturated carbocycles. The molecule has 2 rings (SSSR count). The fourth-order valence-corrected chi connectivity index (χ4v) is 3.63. The van der Waals surface area contributed by atoms with Crippen molar-refractivity contribution in [3.63, 3.8) is 0 Å². The van der Waals surface area contributed by atoms with Crippen molar-refractivity contribution in [3.05, 3.63) is 65.5 Å². The van der Waals surface area contributed by atoms with Gasteiger partial charge in [-0.2, -0.15) is 0 Å². The SMILES string of the molecule is CCNC(=NCCC(O)c1ccccc1)NCCS(=O)(=O)Nc1ccc(C)c(F)c1. The summed E-state index contributed by atoms with van der Waals surface area (Å²) >= 11 is 0. The Hall–Kier alpha value is -2.65. The van der Waals surface area contributed by atoms with Gasteiger partial charge in [0.1, 0.15) is 5.82 Å². The summed E-state index contributed by atoms with van der Waals surface area (Å²) in [6, 6.07) is 13.5. The average molecular weight is 437 g/mol. The number of anilines is 1. The quantitative estimate of drug-likeness (QED) is 0.339. The van der Waals surface area contributed by atoms with Crippen LogP contribution < -0.4 is 15.4 Å². The van der Waals surface area contributed by atoms with Crippen LogP contribution in [0.1, 0.15) is 30.6 Å². The third-order valence-electron chi connectivity index (χ3n) is 4.31. The van der Waals surface area contributed by atoms with Gasteiger partial charge in [-0.1, -0.05) is 36.4 Å². The smallest absolute Gasteiger partial charge is 0.234 e. The van der Waals surface area contributed by atoms with Crippen molar-refractivity contribution in [3.8, 4) is 0 Å². The van der Waals surface area contributed by atoms with Gasteiger partial charge in [0.2, 0.25) is 10.0 Å². The first-order chi connectivity index (χ1) is 14.3. The largest absolute Gasteiger partial charge is 0.388 e. The minimum Gasteiger partial charge on any atom is -0.388 e. The number of sulfonamides is 1. The highest BCUT2D eigenvalue weighted by Gasteiger charge is 2.12. The van der Waals surface area contributed by atoms with Crippen molar-refractivity contribution >= 4 is 21.7 Å². The van der Waals surface area contributed by atoms with Gasteiger partial charge in [0.15, 0.2) is 5.96 Å². The summed E-state index contributed by atoms with van der Waals surface area (Å²) in [6.07, 6.45) is -0.170. The summed E-state index contributed by atoms with van der Waals surface area (Å²) in [5, 5.41) is 16.2. The summed E-state index contributed by atoms with van der Waals surface area (Å²) in [4.78, 5) is 4.37. The highest BCUT2D eigenvalue weighted by molar-refractivity contribution is 7.92. The highest BCUT2D eigenvalue weighted by atomic mass is 32.2. The fraction of sp³-hybridized carbons (Fsp3) is 0.381. The number of guanidine groups is 1. The molecule has 7 nitrogen and oxygen atoms in total. The van der Waals surface area contributed by atoms with Crippen molar-refractivity contribution in [2.75, 3.05) is 30.1 Å². The highest BCUT2D eigenvalue weighted by Crippen LogP contribution is 2.16. The van der Waals surface area contributed by atoms with Gasteiger partial charge in [0.05, 0.1) is 17.5 Å². The van der Waals surface area contributed by atoms with Gasteiger partial charge < -0.3 is 15.7 Å². The van der Waals surface area contributed by atoms with E-state index in [1.807, 2.05) is 37.3 Å². The van der Waals surface area contributed by atoms with Gasteiger partial charge in [-0.3, -0.25) is 9.71 Å². The van der Waals surface area contributed by atoms with E-state index >= 15 is 0 Å². The Labute approximate surface area is 177 Å². The Bertz CT molecular complexity index is 937. The molecule has 30 heavy (non-hydrogen) atoms. The topological polar surface area (TPSA) is 103 Å². The maximum atomic E-state index is 13.6. The molecule has 4 N–H and O–H groups in total. The van der Waals surface area contributed by atoms with E-state index in [9.17, 15) is 17.9 Å². The van der Waals surface area contributed by atoms with Crippen LogP contribution in [0.4, 0.5) is 10.1 Å². The van der Waals surface area contributed by atoms with Gasteiger partial charge in [0.25, 0.3) is 0 Å². The first kappa shape index (κ1) is 23.6. The molecule has 0 aliphatic heterocycles. The summed E-state index contributed by atoms with van der Waals surface area (Å²) in [5.41, 5.74) is 1.47. The van der Waals surface area contributed by atoms with Crippen LogP contribution in [0.2, 0.25) is 0 Å². The average Bonchev–Trinajstić information content (AvgIpc) is 2.71. The second-order valence-electron chi connectivity index (χ2n) is 6.79. The van der Waals surface area contributed by atoms with E-state index in [0.717, 1.165) is 11.6 Å². The maximum absolute atomic E-state index is 13.6. The predicted molar refractivity (Wildman–Crippen MR) is 119 cm³/mol. The molecule has 1 atom stereocenters. The lowest BCUT2D eigenvalue weighted by Gasteiger charge is -2.13. The van der Waals surface area contributed by atoms with Gasteiger partial charge in [-0.25, -0.2) is 12.8 Å². The molecule has 9 heteroatoms. The van der Waals surface area contributed by atoms with Crippen LogP contribution in [0.15, 0.2) is 53.5 Å². The summed E-state index contributed by atoms with van der Waals surface area (Å²) < 4.78 is 40.4. The number of rotatable bonds is 10. The van der Waals surface area contributed by atoms with Crippen LogP contribution in [0, 0.1) is 12.7 Å². The Kier molecular flexibility index (Phi) is 9.07. The van der Waals surface area contributed by atoms with Gasteiger partial charge in [-0.15, -0.1) is 0 Å². The molecule has 0 saturated heterocycles. The lowest BCUT2D eigenvalue weighted by atomic mass is 10.1. The molecule has 0 aliphatic rings. The third-order valence-corrected chi connectivity index (χ3v) is 5.60. The molecule has 0 spiro atoms. The lowest BCUT2D eigenvalue weighted by Crippen LogP contribution is -2.40. The lowest BCUT2D eigenvalue weighted by molar-refractivity contribution is 0.170. The molecule has 1 unspecified atom stereocenters. The Morgan fingerprint density at radius 2 is 1.90 bits per heavy atom. The van der Waals surface area contributed by atoms with Gasteiger partial charge in [0, 0.05) is 19.6 Å². The number of nitrogens with one attached hydrogen (secondary N) is 3. The van der Waals surface area contributed by atoms with E-state index in [4.69, 9.17) is 0 Å². The van der Waals surface area contributed by atoms with Gasteiger partial charge in [-0.05, 0) is 43.5 Å². The number of benzene rings is 2. The number of nitrogens with zero attached hydrogens (tertiary/aromatic N) is 1. The Balaban J connectivity index is 1.84. The van der Waals surface area contributed by atoms with Crippen LogP contribution in [-0.2, 0) is 10.0 Å². The molecule has 0 fully saturated rings. The van der Waals surface area contributed by atoms with Crippen LogP contribution in [-0.4, -0.2) is 44.9 Å². The molecular formula is C21H29FN4O3S. The number of aliphatic hydroxyl groups excluding tert-OH is 1. The first-order valence-electron chi connectivity index (χ1n) is 9.82. The molecule has 0 aliphatic carbocycles. The zero-order chi connectivity index (χ0) is 22.0. The molecule has 2 aromatic rings. The standard InChI is InChI=1S/C21H29FN4O3S/c1-3-23-21(24-12-11-20(27)17-7-5-4-6-8-17)25-13-14-30(28,29)26-18-10-9-16(2)19(22)15-18/h4-10,15,20,26-27H,3,11-14H2,1-2H3,(H2,23,24,25). The summed E-state index contributed by atoms with van der Waals surface area (Å²) in [6.45, 7) is 4.62. The van der Waals surface area contributed by atoms with Crippen LogP contribution in [0.5, 0.6) is 0 Å². The Morgan fingerprint density at radius 1 is 1.17 bits per heavy atom. The molecule has 164 valence electrons. The van der Waals surface area contributed by atoms with Crippen molar-refractivity contribution in [2.24, 2.45) is 4.99 Å². The minimum atomic E-state index is -3.65. The minimum absolute atomic E-state index is 0.122. The fourth-order valence-electron chi connectivity index (χ4n) is 2.67. The monoisotopic (exact) mass is 436 g/mol. The number of aryl methyl sites for hydroxylation is 1. The third kappa shape index (κ3) is 8.00. The molecular weight excluding hydrogens is 407 g/mol. The first-order valence-corrected chi connectivity index (χ1v) is 11.5. The predicted octanol–water partition coefficient (Wildman–Crippen LogP) is 2.55. The number of halogens is 1. The number of aliphatic hydroxyl groups is 1. The summed E-state index contributed by atoms with van der Waals surface area (Å²) in [7, 11) is -3.65. The number of hydrogen-bond donors (Lipinski definition) is 4. The molecule has 0 aromatic heterocycles. The van der Waals surface area contributed by atoms with Crippen LogP contribution >= 0.6 is 0 Å². The van der Waals surface area contributed by atoms with Crippen molar-refractivity contribution in [2.45, 2.75) is 26.4 Å². The van der Waals surface area contributed by atoms with Gasteiger partial charge >= 0.3 is 0 Å². The molecule has 0 heterocycles. The van der Waals surface area contributed by atoms with Crippen LogP contribution in [0.3, 0.4) is 0 Å². The normalized spacial score (nSPS) is 13.0. The van der Waals surface area contributed by atoms with E-state index in [-0.39, 0.29) is 18.0 Å². The van der Waals surface area contributed by atoms with E-state index in [1.165, 1.54) is 12.1 Å². The van der Waals surface area contributed by atoms with E-state index in [0.29, 0.717) is 31.0 Å². The Morgan fingerprint density at radius 3 is 2.57 bits per heavy atom. The molecule has 0 amide bonds. The van der Waals surface area contributed by atoms with E-state index < -0.39 is 21.9 Å². The zero-order valence-corrected chi connectivity index (χ0v) is 18.0. The van der Waals surface area contributed by atoms with E-state index in [2.05, 4.69) is 20.3 Å². The van der Waals surface area contributed by atoms with E-state index in [1.54, 1.807) is 6.92 Å². The van der Waals surface area contributed by atoms with Crippen LogP contribution in [0.25, 0.3) is 0 Å². The van der Waals surface area contributed by atoms with Crippen molar-refractivity contribution in [1.82, 2.24) is 10.6 Å². The van der Waals surface area contributed by atoms with Crippen molar-refractivity contribution in [1.29, 1.82) is 0 Å².